The molecule has 0 saturated carbocycles. The summed E-state index contributed by atoms with van der Waals surface area (Å²) in [5, 5.41) is 9.26. The maximum absolute atomic E-state index is 12.9. The van der Waals surface area contributed by atoms with Crippen molar-refractivity contribution in [3.63, 3.8) is 0 Å². The minimum absolute atomic E-state index is 0.524. The highest BCUT2D eigenvalue weighted by Gasteiger charge is 2.63. The van der Waals surface area contributed by atoms with Gasteiger partial charge in [0.05, 0.1) is 0 Å². The summed E-state index contributed by atoms with van der Waals surface area (Å²) in [7, 11) is -4.50. The van der Waals surface area contributed by atoms with Gasteiger partial charge < -0.3 is 9.63 Å². The van der Waals surface area contributed by atoms with E-state index in [1.54, 1.807) is 0 Å². The summed E-state index contributed by atoms with van der Waals surface area (Å²) >= 11 is 15.4. The lowest BCUT2D eigenvalue weighted by molar-refractivity contribution is -0.271. The van der Waals surface area contributed by atoms with Gasteiger partial charge in [0, 0.05) is 6.66 Å². The molecule has 0 aromatic carbocycles. The molecule has 0 radical (unpaired) electrons. The van der Waals surface area contributed by atoms with Crippen molar-refractivity contribution in [1.82, 2.24) is 0 Å². The molecule has 3 nitrogen and oxygen atoms in total. The zero-order valence-electron chi connectivity index (χ0n) is 9.47. The van der Waals surface area contributed by atoms with Crippen LogP contribution in [-0.2, 0) is 9.09 Å². The van der Waals surface area contributed by atoms with E-state index in [0.29, 0.717) is 6.66 Å². The van der Waals surface area contributed by atoms with Crippen LogP contribution in [0.2, 0.25) is 0 Å². The Balaban J connectivity index is 4.98. The van der Waals surface area contributed by atoms with Crippen molar-refractivity contribution in [1.29, 1.82) is 0 Å². The van der Waals surface area contributed by atoms with Crippen molar-refractivity contribution in [3.05, 3.63) is 0 Å². The maximum Gasteiger partial charge on any atom is 0.371 e. The van der Waals surface area contributed by atoms with E-state index < -0.39 is 41.9 Å². The van der Waals surface area contributed by atoms with Crippen LogP contribution >= 0.6 is 42.2 Å². The first-order chi connectivity index (χ1) is 8.56. The number of hydrogen-bond donors (Lipinski definition) is 1. The first kappa shape index (κ1) is 20.6. The Labute approximate surface area is 124 Å². The summed E-state index contributed by atoms with van der Waals surface area (Å²) in [4.78, 5) is 0. The SMILES string of the molecule is CP(=O)(OCC(F)(F)C(F)(F)C(F)F)C(O)C(Cl)(Cl)Cl. The van der Waals surface area contributed by atoms with Crippen LogP contribution in [0.25, 0.3) is 0 Å². The fourth-order valence-corrected chi connectivity index (χ4v) is 3.49. The molecule has 0 amide bonds. The van der Waals surface area contributed by atoms with Crippen molar-refractivity contribution in [2.75, 3.05) is 13.3 Å². The summed E-state index contributed by atoms with van der Waals surface area (Å²) in [6, 6.07) is 0. The normalized spacial score (nSPS) is 19.0. The molecule has 2 atom stereocenters. The molecule has 13 heteroatoms. The van der Waals surface area contributed by atoms with Crippen molar-refractivity contribution in [3.8, 4) is 0 Å². The molecule has 20 heavy (non-hydrogen) atoms. The van der Waals surface area contributed by atoms with E-state index in [4.69, 9.17) is 34.8 Å². The minimum atomic E-state index is -5.71. The lowest BCUT2D eigenvalue weighted by Gasteiger charge is -2.29. The summed E-state index contributed by atoms with van der Waals surface area (Å²) in [6.07, 6.45) is -4.67. The second-order valence-electron chi connectivity index (χ2n) is 3.73. The fourth-order valence-electron chi connectivity index (χ4n) is 0.802. The van der Waals surface area contributed by atoms with Gasteiger partial charge >= 0.3 is 18.3 Å². The average Bonchev–Trinajstić information content (AvgIpc) is 2.24. The van der Waals surface area contributed by atoms with Crippen LogP contribution in [0.1, 0.15) is 0 Å². The number of rotatable bonds is 6. The van der Waals surface area contributed by atoms with Crippen molar-refractivity contribution in [2.45, 2.75) is 27.9 Å². The van der Waals surface area contributed by atoms with Gasteiger partial charge in [-0.1, -0.05) is 34.8 Å². The highest BCUT2D eigenvalue weighted by atomic mass is 35.6. The van der Waals surface area contributed by atoms with Crippen LogP contribution in [-0.4, -0.2) is 46.3 Å². The van der Waals surface area contributed by atoms with Crippen molar-refractivity contribution < 1.29 is 40.5 Å². The maximum atomic E-state index is 12.9. The second-order valence-corrected chi connectivity index (χ2v) is 8.66. The highest BCUT2D eigenvalue weighted by molar-refractivity contribution is 7.59. The Morgan fingerprint density at radius 3 is 1.90 bits per heavy atom. The van der Waals surface area contributed by atoms with Crippen molar-refractivity contribution >= 4 is 42.2 Å². The summed E-state index contributed by atoms with van der Waals surface area (Å²) in [5.41, 5.74) is 0. The topological polar surface area (TPSA) is 46.5 Å². The Hall–Kier alpha value is 0.600. The lowest BCUT2D eigenvalue weighted by Crippen LogP contribution is -2.49. The van der Waals surface area contributed by atoms with E-state index in [1.807, 2.05) is 0 Å². The molecule has 0 aliphatic rings. The lowest BCUT2D eigenvalue weighted by atomic mass is 10.2. The molecule has 0 bridgehead atoms. The molecule has 0 saturated heterocycles. The average molecular weight is 391 g/mol. The standard InChI is InChI=1S/C7H8Cl3F6O3P/c1-20(18,4(17)7(8,9)10)19-2-5(13,14)6(15,16)3(11)12/h3-4,17H,2H2,1H3. The monoisotopic (exact) mass is 390 g/mol. The third-order valence-corrected chi connectivity index (χ3v) is 5.00. The first-order valence-electron chi connectivity index (χ1n) is 4.56. The molecule has 0 fully saturated rings. The van der Waals surface area contributed by atoms with Gasteiger partial charge in [-0.05, 0) is 0 Å². The summed E-state index contributed by atoms with van der Waals surface area (Å²) in [5.74, 6) is -13.5. The van der Waals surface area contributed by atoms with Crippen LogP contribution in [0.15, 0.2) is 0 Å². The number of hydrogen-bond acceptors (Lipinski definition) is 3. The minimum Gasteiger partial charge on any atom is -0.379 e. The highest BCUT2D eigenvalue weighted by Crippen LogP contribution is 2.56. The predicted molar refractivity (Wildman–Crippen MR) is 61.7 cm³/mol. The van der Waals surface area contributed by atoms with Crippen LogP contribution in [0.4, 0.5) is 26.3 Å². The molecule has 0 aromatic rings. The van der Waals surface area contributed by atoms with Crippen LogP contribution in [0, 0.1) is 0 Å². The molecule has 122 valence electrons. The van der Waals surface area contributed by atoms with E-state index in [2.05, 4.69) is 4.52 Å². The van der Waals surface area contributed by atoms with Crippen LogP contribution < -0.4 is 0 Å². The number of halogens is 9. The number of alkyl halides is 9. The van der Waals surface area contributed by atoms with Gasteiger partial charge in [-0.2, -0.15) is 17.6 Å². The molecule has 0 spiro atoms. The Morgan fingerprint density at radius 2 is 1.60 bits per heavy atom. The predicted octanol–water partition coefficient (Wildman–Crippen LogP) is 4.14. The van der Waals surface area contributed by atoms with Gasteiger partial charge in [0.2, 0.25) is 11.2 Å². The fraction of sp³-hybridized carbons (Fsp3) is 1.00. The molecule has 0 aliphatic heterocycles. The quantitative estimate of drug-likeness (QED) is 0.421. The Bertz CT molecular complexity index is 388. The molecule has 0 heterocycles. The third kappa shape index (κ3) is 4.81. The molecular weight excluding hydrogens is 383 g/mol. The second kappa shape index (κ2) is 6.38. The van der Waals surface area contributed by atoms with Crippen LogP contribution in [0.5, 0.6) is 0 Å². The van der Waals surface area contributed by atoms with Gasteiger partial charge in [-0.15, -0.1) is 0 Å². The van der Waals surface area contributed by atoms with E-state index in [-0.39, 0.29) is 0 Å². The molecule has 0 rings (SSSR count). The van der Waals surface area contributed by atoms with E-state index in [9.17, 15) is 36.0 Å². The molecule has 0 aliphatic carbocycles. The van der Waals surface area contributed by atoms with E-state index in [0.717, 1.165) is 0 Å². The zero-order valence-corrected chi connectivity index (χ0v) is 12.6. The smallest absolute Gasteiger partial charge is 0.371 e. The third-order valence-electron chi connectivity index (χ3n) is 2.00. The van der Waals surface area contributed by atoms with Gasteiger partial charge in [0.1, 0.15) is 6.61 Å². The Kier molecular flexibility index (Phi) is 6.57. The molecule has 1 N–H and O–H groups in total. The van der Waals surface area contributed by atoms with Gasteiger partial charge in [0.15, 0.2) is 5.85 Å². The first-order valence-corrected chi connectivity index (χ1v) is 7.83. The number of aliphatic hydroxyl groups is 1. The summed E-state index contributed by atoms with van der Waals surface area (Å²) < 4.78 is 87.4. The molecule has 0 aromatic heterocycles. The van der Waals surface area contributed by atoms with E-state index >= 15 is 0 Å². The van der Waals surface area contributed by atoms with Gasteiger partial charge in [-0.25, -0.2) is 8.78 Å². The van der Waals surface area contributed by atoms with Gasteiger partial charge in [-0.3, -0.25) is 4.57 Å². The Morgan fingerprint density at radius 1 is 1.20 bits per heavy atom. The molecule has 2 unspecified atom stereocenters. The van der Waals surface area contributed by atoms with Crippen molar-refractivity contribution in [2.24, 2.45) is 0 Å². The zero-order chi connectivity index (χ0) is 16.6. The van der Waals surface area contributed by atoms with E-state index in [1.165, 1.54) is 0 Å². The van der Waals surface area contributed by atoms with Crippen LogP contribution in [0.3, 0.4) is 0 Å². The van der Waals surface area contributed by atoms with Gasteiger partial charge in [0.25, 0.3) is 0 Å². The summed E-state index contributed by atoms with van der Waals surface area (Å²) in [6.45, 7) is -1.83. The number of aliphatic hydroxyl groups excluding tert-OH is 1. The largest absolute Gasteiger partial charge is 0.379 e. The molecular formula is C7H8Cl3F6O3P.